The summed E-state index contributed by atoms with van der Waals surface area (Å²) in [6.45, 7) is 12.6. The molecule has 1 fully saturated rings. The largest absolute Gasteiger partial charge is 0.491 e. The van der Waals surface area contributed by atoms with Gasteiger partial charge in [0.15, 0.2) is 0 Å². The van der Waals surface area contributed by atoms with E-state index in [9.17, 15) is 4.79 Å². The summed E-state index contributed by atoms with van der Waals surface area (Å²) in [4.78, 5) is 19.9. The molecular weight excluding hydrogens is 438 g/mol. The van der Waals surface area contributed by atoms with Crippen molar-refractivity contribution in [1.82, 2.24) is 14.7 Å². The topological polar surface area (TPSA) is 45.3 Å². The van der Waals surface area contributed by atoms with E-state index in [-0.39, 0.29) is 5.91 Å². The Labute approximate surface area is 210 Å². The van der Waals surface area contributed by atoms with Gasteiger partial charge in [-0.2, -0.15) is 0 Å². The molecular formula is C29H41N3O3. The second-order valence-electron chi connectivity index (χ2n) is 10.3. The maximum absolute atomic E-state index is 13.2. The van der Waals surface area contributed by atoms with E-state index in [0.717, 1.165) is 69.1 Å². The van der Waals surface area contributed by atoms with E-state index >= 15 is 0 Å². The highest BCUT2D eigenvalue weighted by Crippen LogP contribution is 2.25. The summed E-state index contributed by atoms with van der Waals surface area (Å²) in [5.74, 6) is 1.63. The zero-order valence-corrected chi connectivity index (χ0v) is 21.7. The van der Waals surface area contributed by atoms with Crippen LogP contribution in [0.5, 0.6) is 5.75 Å². The minimum Gasteiger partial charge on any atom is -0.491 e. The quantitative estimate of drug-likeness (QED) is 0.665. The van der Waals surface area contributed by atoms with Crippen LogP contribution in [0.4, 0.5) is 0 Å². The summed E-state index contributed by atoms with van der Waals surface area (Å²) in [5.41, 5.74) is 4.35. The molecule has 0 saturated carbocycles. The molecule has 6 heteroatoms. The van der Waals surface area contributed by atoms with Crippen LogP contribution in [0.25, 0.3) is 0 Å². The van der Waals surface area contributed by atoms with Crippen molar-refractivity contribution < 1.29 is 14.3 Å². The Bertz CT molecular complexity index is 969. The summed E-state index contributed by atoms with van der Waals surface area (Å²) in [5, 5.41) is 0. The van der Waals surface area contributed by atoms with Crippen LogP contribution in [0, 0.1) is 5.92 Å². The van der Waals surface area contributed by atoms with Gasteiger partial charge in [-0.1, -0.05) is 38.1 Å². The van der Waals surface area contributed by atoms with E-state index in [1.54, 1.807) is 0 Å². The summed E-state index contributed by atoms with van der Waals surface area (Å²) < 4.78 is 12.0. The third kappa shape index (κ3) is 7.53. The molecule has 0 unspecified atom stereocenters. The smallest absolute Gasteiger partial charge is 0.253 e. The van der Waals surface area contributed by atoms with Crippen LogP contribution in [0.2, 0.25) is 0 Å². The first-order chi connectivity index (χ1) is 17.0. The van der Waals surface area contributed by atoms with Crippen LogP contribution < -0.4 is 4.74 Å². The maximum Gasteiger partial charge on any atom is 0.253 e. The van der Waals surface area contributed by atoms with Crippen LogP contribution in [0.1, 0.15) is 47.3 Å². The number of carbonyl (C=O) groups is 1. The molecule has 6 nitrogen and oxygen atoms in total. The van der Waals surface area contributed by atoms with Gasteiger partial charge in [-0.15, -0.1) is 0 Å². The first kappa shape index (κ1) is 25.7. The van der Waals surface area contributed by atoms with Gasteiger partial charge in [-0.3, -0.25) is 9.69 Å². The van der Waals surface area contributed by atoms with E-state index in [1.807, 2.05) is 23.1 Å². The Morgan fingerprint density at radius 3 is 2.54 bits per heavy atom. The second-order valence-corrected chi connectivity index (χ2v) is 10.3. The van der Waals surface area contributed by atoms with Crippen LogP contribution >= 0.6 is 0 Å². The van der Waals surface area contributed by atoms with Crippen LogP contribution in [-0.2, 0) is 17.7 Å². The number of fused-ring (bicyclic) bond motifs is 3. The van der Waals surface area contributed by atoms with Crippen molar-refractivity contribution in [3.63, 3.8) is 0 Å². The molecule has 4 rings (SSSR count). The van der Waals surface area contributed by atoms with Crippen molar-refractivity contribution >= 4 is 5.91 Å². The molecule has 2 heterocycles. The van der Waals surface area contributed by atoms with Crippen LogP contribution in [0.3, 0.4) is 0 Å². The number of hydrogen-bond acceptors (Lipinski definition) is 5. The van der Waals surface area contributed by atoms with Gasteiger partial charge in [0.1, 0.15) is 12.4 Å². The molecule has 0 aliphatic carbocycles. The highest BCUT2D eigenvalue weighted by atomic mass is 16.5. The monoisotopic (exact) mass is 479 g/mol. The van der Waals surface area contributed by atoms with Gasteiger partial charge < -0.3 is 19.3 Å². The lowest BCUT2D eigenvalue weighted by Crippen LogP contribution is -2.47. The molecule has 2 aromatic rings. The average Bonchev–Trinajstić information content (AvgIpc) is 2.85. The normalized spacial score (nSPS) is 18.6. The number of amides is 1. The van der Waals surface area contributed by atoms with Crippen molar-refractivity contribution in [2.75, 3.05) is 66.1 Å². The highest BCUT2D eigenvalue weighted by Gasteiger charge is 2.21. The van der Waals surface area contributed by atoms with Crippen molar-refractivity contribution in [1.29, 1.82) is 0 Å². The molecule has 1 saturated heterocycles. The van der Waals surface area contributed by atoms with E-state index < -0.39 is 0 Å². The fourth-order valence-corrected chi connectivity index (χ4v) is 4.72. The first-order valence-electron chi connectivity index (χ1n) is 13.1. The van der Waals surface area contributed by atoms with Crippen molar-refractivity contribution in [2.45, 2.75) is 33.2 Å². The molecule has 0 aromatic heterocycles. The van der Waals surface area contributed by atoms with Crippen LogP contribution in [0.15, 0.2) is 42.5 Å². The maximum atomic E-state index is 13.2. The molecule has 0 N–H and O–H groups in total. The van der Waals surface area contributed by atoms with Gasteiger partial charge in [0.05, 0.1) is 13.2 Å². The predicted octanol–water partition coefficient (Wildman–Crippen LogP) is 3.92. The van der Waals surface area contributed by atoms with Gasteiger partial charge in [0, 0.05) is 51.3 Å². The highest BCUT2D eigenvalue weighted by molar-refractivity contribution is 5.94. The summed E-state index contributed by atoms with van der Waals surface area (Å²) in [6, 6.07) is 14.7. The Morgan fingerprint density at radius 2 is 1.74 bits per heavy atom. The van der Waals surface area contributed by atoms with Gasteiger partial charge in [-0.25, -0.2) is 0 Å². The molecule has 2 aliphatic rings. The Hall–Kier alpha value is -2.41. The van der Waals surface area contributed by atoms with Gasteiger partial charge in [0.2, 0.25) is 0 Å². The minimum absolute atomic E-state index is 0.109. The number of ether oxygens (including phenoxy) is 2. The fourth-order valence-electron chi connectivity index (χ4n) is 4.72. The van der Waals surface area contributed by atoms with Gasteiger partial charge in [0.25, 0.3) is 5.91 Å². The lowest BCUT2D eigenvalue weighted by atomic mass is 9.99. The molecule has 190 valence electrons. The number of likely N-dealkylation sites (N-methyl/N-ethyl adjacent to an activating group) is 1. The SMILES string of the molecule is CC(C)CCN1CCOCCOc2ccc(C(=O)N3CCN(C)CC3)cc2Cc2cccc(c2)C1. The predicted molar refractivity (Wildman–Crippen MR) is 140 cm³/mol. The molecule has 1 amide bonds. The van der Waals surface area contributed by atoms with Crippen molar-refractivity contribution in [2.24, 2.45) is 5.92 Å². The average molecular weight is 480 g/mol. The molecule has 2 bridgehead atoms. The Kier molecular flexibility index (Phi) is 9.18. The summed E-state index contributed by atoms with van der Waals surface area (Å²) >= 11 is 0. The van der Waals surface area contributed by atoms with E-state index in [0.29, 0.717) is 25.7 Å². The molecule has 0 atom stereocenters. The number of piperazine rings is 1. The van der Waals surface area contributed by atoms with Crippen LogP contribution in [-0.4, -0.2) is 86.7 Å². The van der Waals surface area contributed by atoms with E-state index in [4.69, 9.17) is 9.47 Å². The van der Waals surface area contributed by atoms with Gasteiger partial charge >= 0.3 is 0 Å². The molecule has 35 heavy (non-hydrogen) atoms. The number of rotatable bonds is 4. The summed E-state index contributed by atoms with van der Waals surface area (Å²) in [6.07, 6.45) is 1.92. The molecule has 2 aromatic carbocycles. The lowest BCUT2D eigenvalue weighted by molar-refractivity contribution is 0.0663. The molecule has 2 aliphatic heterocycles. The first-order valence-corrected chi connectivity index (χ1v) is 13.1. The zero-order valence-electron chi connectivity index (χ0n) is 21.7. The molecule has 0 spiro atoms. The molecule has 0 radical (unpaired) electrons. The lowest BCUT2D eigenvalue weighted by Gasteiger charge is -2.32. The minimum atomic E-state index is 0.109. The van der Waals surface area contributed by atoms with Crippen molar-refractivity contribution in [3.05, 3.63) is 64.7 Å². The van der Waals surface area contributed by atoms with E-state index in [1.165, 1.54) is 17.5 Å². The third-order valence-electron chi connectivity index (χ3n) is 6.95. The second kappa shape index (κ2) is 12.5. The number of carbonyl (C=O) groups excluding carboxylic acids is 1. The number of hydrogen-bond donors (Lipinski definition) is 0. The Balaban J connectivity index is 1.55. The number of nitrogens with zero attached hydrogens (tertiary/aromatic N) is 3. The Morgan fingerprint density at radius 1 is 0.943 bits per heavy atom. The standard InChI is InChI=1S/C29H41N3O3/c1-23(2)9-10-31-15-16-34-17-18-35-28-8-7-26(29(33)32-13-11-30(3)12-14-32)21-27(28)20-24-5-4-6-25(19-24)22-31/h4-8,19,21,23H,9-18,20,22H2,1-3H3. The van der Waals surface area contributed by atoms with Gasteiger partial charge in [-0.05, 0) is 60.8 Å². The van der Waals surface area contributed by atoms with Crippen molar-refractivity contribution in [3.8, 4) is 5.75 Å². The third-order valence-corrected chi connectivity index (χ3v) is 6.95. The zero-order chi connectivity index (χ0) is 24.6. The summed E-state index contributed by atoms with van der Waals surface area (Å²) in [7, 11) is 2.10. The fraction of sp³-hybridized carbons (Fsp3) is 0.552. The number of benzene rings is 2. The van der Waals surface area contributed by atoms with E-state index in [2.05, 4.69) is 55.0 Å².